The fourth-order valence-electron chi connectivity index (χ4n) is 7.98. The standard InChI is InChI=1S/C47H40N8O5/c1-31(11-9-10-24-52-29-42(50-51-52)40(30-56)33-12-3-2-4-13-33)47(60)41-25-37(55-45(58)39-17-8-6-15-35(39)27-49-55)22-23-43(41)53(46(47)59)28-32-18-20-36(21-19-32)54-44(57)38-16-7-5-14-34(38)26-48-54/h2-9,11-23,25-27,29,31,40,56,60H,10,24,28,30H2,1H3/b11-9+/t31-,40?,47+/m1/s1. The Bertz CT molecular complexity index is 3030. The van der Waals surface area contributed by atoms with Crippen LogP contribution in [-0.4, -0.2) is 57.3 Å². The summed E-state index contributed by atoms with van der Waals surface area (Å²) >= 11 is 0. The second kappa shape index (κ2) is 15.8. The molecule has 0 fully saturated rings. The predicted octanol–water partition coefficient (Wildman–Crippen LogP) is 5.82. The molecule has 1 amide bonds. The number of aromatic nitrogens is 7. The maximum atomic E-state index is 14.6. The van der Waals surface area contributed by atoms with E-state index in [1.165, 1.54) is 9.36 Å². The lowest BCUT2D eigenvalue weighted by molar-refractivity contribution is -0.139. The van der Waals surface area contributed by atoms with Crippen molar-refractivity contribution in [1.29, 1.82) is 0 Å². The van der Waals surface area contributed by atoms with Gasteiger partial charge in [0.05, 0.1) is 65.0 Å². The highest BCUT2D eigenvalue weighted by atomic mass is 16.3. The van der Waals surface area contributed by atoms with Crippen molar-refractivity contribution in [2.45, 2.75) is 38.0 Å². The third-order valence-electron chi connectivity index (χ3n) is 11.3. The molecule has 8 aromatic rings. The monoisotopic (exact) mass is 796 g/mol. The van der Waals surface area contributed by atoms with Crippen LogP contribution in [0.25, 0.3) is 32.9 Å². The summed E-state index contributed by atoms with van der Waals surface area (Å²) in [6, 6.07) is 36.5. The average molecular weight is 797 g/mol. The van der Waals surface area contributed by atoms with Crippen molar-refractivity contribution >= 4 is 33.1 Å². The smallest absolute Gasteiger partial charge is 0.279 e. The normalized spacial score (nSPS) is 16.2. The summed E-state index contributed by atoms with van der Waals surface area (Å²) in [4.78, 5) is 43.0. The van der Waals surface area contributed by atoms with Gasteiger partial charge in [-0.2, -0.15) is 19.6 Å². The minimum atomic E-state index is -1.99. The highest BCUT2D eigenvalue weighted by Crippen LogP contribution is 2.46. The van der Waals surface area contributed by atoms with E-state index in [4.69, 9.17) is 0 Å². The summed E-state index contributed by atoms with van der Waals surface area (Å²) in [7, 11) is 0. The maximum absolute atomic E-state index is 14.6. The van der Waals surface area contributed by atoms with Gasteiger partial charge >= 0.3 is 0 Å². The molecular formula is C47H40N8O5. The van der Waals surface area contributed by atoms with Crippen LogP contribution >= 0.6 is 0 Å². The number of benzene rings is 5. The van der Waals surface area contributed by atoms with E-state index in [2.05, 4.69) is 20.5 Å². The van der Waals surface area contributed by atoms with Crippen LogP contribution in [0.3, 0.4) is 0 Å². The van der Waals surface area contributed by atoms with Gasteiger partial charge in [0.1, 0.15) is 0 Å². The van der Waals surface area contributed by atoms with Crippen LogP contribution in [0.4, 0.5) is 5.69 Å². The molecule has 0 saturated carbocycles. The van der Waals surface area contributed by atoms with Crippen molar-refractivity contribution in [2.24, 2.45) is 5.92 Å². The molecule has 9 rings (SSSR count). The van der Waals surface area contributed by atoms with Crippen LogP contribution in [0.1, 0.15) is 41.6 Å². The van der Waals surface area contributed by atoms with Crippen molar-refractivity contribution in [3.05, 3.63) is 195 Å². The highest BCUT2D eigenvalue weighted by Gasteiger charge is 2.52. The average Bonchev–Trinajstić information content (AvgIpc) is 3.83. The first-order valence-electron chi connectivity index (χ1n) is 19.7. The van der Waals surface area contributed by atoms with Crippen LogP contribution in [-0.2, 0) is 23.5 Å². The van der Waals surface area contributed by atoms with Gasteiger partial charge in [0, 0.05) is 35.0 Å². The van der Waals surface area contributed by atoms with Gasteiger partial charge < -0.3 is 15.1 Å². The number of hydrogen-bond donors (Lipinski definition) is 2. The Morgan fingerprint density at radius 2 is 1.37 bits per heavy atom. The molecule has 1 unspecified atom stereocenters. The van der Waals surface area contributed by atoms with Crippen molar-refractivity contribution in [3.63, 3.8) is 0 Å². The van der Waals surface area contributed by atoms with Gasteiger partial charge in [-0.05, 0) is 60.0 Å². The van der Waals surface area contributed by atoms with Crippen LogP contribution in [0.2, 0.25) is 0 Å². The zero-order valence-electron chi connectivity index (χ0n) is 32.6. The van der Waals surface area contributed by atoms with Gasteiger partial charge in [-0.25, -0.2) is 0 Å². The van der Waals surface area contributed by atoms with E-state index in [0.717, 1.165) is 16.5 Å². The molecule has 0 spiro atoms. The molecule has 0 bridgehead atoms. The topological polar surface area (TPSA) is 161 Å². The molecule has 3 aromatic heterocycles. The van der Waals surface area contributed by atoms with Gasteiger partial charge in [-0.15, -0.1) is 5.10 Å². The van der Waals surface area contributed by atoms with Crippen LogP contribution in [0.15, 0.2) is 162 Å². The molecule has 3 atom stereocenters. The number of aliphatic hydroxyl groups excluding tert-OH is 1. The minimum absolute atomic E-state index is 0.103. The molecule has 4 heterocycles. The molecule has 5 aromatic carbocycles. The molecule has 1 aliphatic rings. The number of anilines is 1. The number of aliphatic hydroxyl groups is 2. The van der Waals surface area contributed by atoms with E-state index >= 15 is 0 Å². The molecule has 60 heavy (non-hydrogen) atoms. The zero-order valence-corrected chi connectivity index (χ0v) is 32.6. The molecular weight excluding hydrogens is 757 g/mol. The van der Waals surface area contributed by atoms with E-state index in [9.17, 15) is 24.6 Å². The van der Waals surface area contributed by atoms with E-state index in [0.29, 0.717) is 57.4 Å². The first-order valence-corrected chi connectivity index (χ1v) is 19.7. The molecule has 1 aliphatic heterocycles. The SMILES string of the molecule is C[C@H](/C=C/CCn1cc(C(CO)c2ccccc2)nn1)[C@@]1(O)C(=O)N(Cc2ccc(-n3ncc4ccccc4c3=O)cc2)c2ccc(-n3ncc4ccccc4c3=O)cc21. The molecule has 2 N–H and O–H groups in total. The van der Waals surface area contributed by atoms with Gasteiger partial charge in [0.2, 0.25) is 0 Å². The van der Waals surface area contributed by atoms with E-state index < -0.39 is 17.4 Å². The van der Waals surface area contributed by atoms with Crippen molar-refractivity contribution in [1.82, 2.24) is 34.6 Å². The maximum Gasteiger partial charge on any atom is 0.279 e. The number of hydrogen-bond acceptors (Lipinski definition) is 9. The molecule has 0 saturated heterocycles. The van der Waals surface area contributed by atoms with Gasteiger partial charge in [0.15, 0.2) is 5.60 Å². The number of rotatable bonds is 12. The summed E-state index contributed by atoms with van der Waals surface area (Å²) in [5, 5.41) is 42.6. The van der Waals surface area contributed by atoms with E-state index in [-0.39, 0.29) is 30.2 Å². The fourth-order valence-corrected chi connectivity index (χ4v) is 7.98. The quantitative estimate of drug-likeness (QED) is 0.145. The second-order valence-electron chi connectivity index (χ2n) is 15.0. The Labute approximate surface area is 343 Å². The van der Waals surface area contributed by atoms with Gasteiger partial charge in [-0.3, -0.25) is 19.1 Å². The summed E-state index contributed by atoms with van der Waals surface area (Å²) < 4.78 is 4.34. The molecule has 0 aliphatic carbocycles. The fraction of sp³-hybridized carbons (Fsp3) is 0.170. The highest BCUT2D eigenvalue weighted by molar-refractivity contribution is 6.07. The first kappa shape index (κ1) is 38.2. The third kappa shape index (κ3) is 6.79. The zero-order chi connectivity index (χ0) is 41.4. The Morgan fingerprint density at radius 3 is 2.03 bits per heavy atom. The second-order valence-corrected chi connectivity index (χ2v) is 15.0. The van der Waals surface area contributed by atoms with Crippen molar-refractivity contribution in [2.75, 3.05) is 11.5 Å². The van der Waals surface area contributed by atoms with Crippen molar-refractivity contribution in [3.8, 4) is 11.4 Å². The largest absolute Gasteiger partial charge is 0.395 e. The van der Waals surface area contributed by atoms with Crippen LogP contribution < -0.4 is 16.0 Å². The Hall–Kier alpha value is -7.35. The number of fused-ring (bicyclic) bond motifs is 3. The predicted molar refractivity (Wildman–Crippen MR) is 228 cm³/mol. The number of aryl methyl sites for hydroxylation is 1. The Morgan fingerprint density at radius 1 is 0.750 bits per heavy atom. The van der Waals surface area contributed by atoms with Crippen LogP contribution in [0.5, 0.6) is 0 Å². The van der Waals surface area contributed by atoms with Crippen molar-refractivity contribution < 1.29 is 15.0 Å². The number of nitrogens with zero attached hydrogens (tertiary/aromatic N) is 8. The molecule has 13 heteroatoms. The third-order valence-corrected chi connectivity index (χ3v) is 11.3. The van der Waals surface area contributed by atoms with Gasteiger partial charge in [0.25, 0.3) is 17.0 Å². The Balaban J connectivity index is 1.00. The number of allylic oxidation sites excluding steroid dienone is 1. The minimum Gasteiger partial charge on any atom is -0.395 e. The molecule has 0 radical (unpaired) electrons. The summed E-state index contributed by atoms with van der Waals surface area (Å²) in [6.07, 6.45) is 9.35. The number of carbonyl (C=O) groups is 1. The van der Waals surface area contributed by atoms with E-state index in [1.54, 1.807) is 77.4 Å². The first-order chi connectivity index (χ1) is 29.2. The summed E-state index contributed by atoms with van der Waals surface area (Å²) in [5.41, 5.74) is 1.65. The summed E-state index contributed by atoms with van der Waals surface area (Å²) in [6.45, 7) is 2.30. The number of amides is 1. The van der Waals surface area contributed by atoms with Crippen LogP contribution in [0, 0.1) is 5.92 Å². The lowest BCUT2D eigenvalue weighted by atomic mass is 9.82. The Kier molecular flexibility index (Phi) is 10.0. The number of carbonyl (C=O) groups excluding carboxylic acids is 1. The van der Waals surface area contributed by atoms with E-state index in [1.807, 2.05) is 91.1 Å². The summed E-state index contributed by atoms with van der Waals surface area (Å²) in [5.74, 6) is -1.50. The molecule has 13 nitrogen and oxygen atoms in total. The van der Waals surface area contributed by atoms with Gasteiger partial charge in [-0.1, -0.05) is 103 Å². The lowest BCUT2D eigenvalue weighted by Gasteiger charge is -2.28. The molecule has 298 valence electrons. The lowest BCUT2D eigenvalue weighted by Crippen LogP contribution is -2.44.